The third kappa shape index (κ3) is 5.03. The molecule has 1 aliphatic rings. The van der Waals surface area contributed by atoms with Crippen LogP contribution < -0.4 is 14.8 Å². The van der Waals surface area contributed by atoms with Crippen LogP contribution in [0.5, 0.6) is 11.5 Å². The number of benzene rings is 1. The molecule has 2 rings (SSSR count). The number of hydrogen-bond donors (Lipinski definition) is 1. The summed E-state index contributed by atoms with van der Waals surface area (Å²) in [5.74, 6) is 1.43. The Labute approximate surface area is 144 Å². The smallest absolute Gasteiger partial charge is 0.410 e. The molecule has 1 saturated heterocycles. The Balaban J connectivity index is 1.99. The Kier molecular flexibility index (Phi) is 5.94. The zero-order valence-electron chi connectivity index (χ0n) is 15.2. The fourth-order valence-corrected chi connectivity index (χ4v) is 2.75. The lowest BCUT2D eigenvalue weighted by Crippen LogP contribution is -2.54. The maximum atomic E-state index is 12.2. The molecule has 0 radical (unpaired) electrons. The summed E-state index contributed by atoms with van der Waals surface area (Å²) < 4.78 is 16.1. The lowest BCUT2D eigenvalue weighted by atomic mass is 10.0. The van der Waals surface area contributed by atoms with Crippen molar-refractivity contribution in [2.75, 3.05) is 33.9 Å². The summed E-state index contributed by atoms with van der Waals surface area (Å²) in [7, 11) is 3.25. The van der Waals surface area contributed by atoms with E-state index in [-0.39, 0.29) is 12.1 Å². The van der Waals surface area contributed by atoms with Gasteiger partial charge in [0.15, 0.2) is 11.5 Å². The van der Waals surface area contributed by atoms with E-state index in [0.717, 1.165) is 24.3 Å². The normalized spacial score (nSPS) is 18.2. The Morgan fingerprint density at radius 1 is 1.25 bits per heavy atom. The minimum atomic E-state index is -0.471. The van der Waals surface area contributed by atoms with E-state index in [0.29, 0.717) is 18.8 Å². The van der Waals surface area contributed by atoms with Crippen molar-refractivity contribution in [1.29, 1.82) is 0 Å². The topological polar surface area (TPSA) is 60.0 Å². The summed E-state index contributed by atoms with van der Waals surface area (Å²) in [6.07, 6.45) is 0.556. The standard InChI is InChI=1S/C18H28N2O4/c1-18(2,3)24-17(21)20-9-8-19-14(12-20)10-13-6-7-15(22-4)16(11-13)23-5/h6-7,11,14,19H,8-10,12H2,1-5H3/t14-/m0/s1. The molecule has 0 unspecified atom stereocenters. The number of carbonyl (C=O) groups excluding carboxylic acids is 1. The van der Waals surface area contributed by atoms with Gasteiger partial charge in [0.05, 0.1) is 14.2 Å². The van der Waals surface area contributed by atoms with E-state index in [2.05, 4.69) is 5.32 Å². The molecule has 1 atom stereocenters. The fourth-order valence-electron chi connectivity index (χ4n) is 2.75. The van der Waals surface area contributed by atoms with Crippen molar-refractivity contribution >= 4 is 6.09 Å². The van der Waals surface area contributed by atoms with Crippen molar-refractivity contribution in [2.45, 2.75) is 38.8 Å². The van der Waals surface area contributed by atoms with Gasteiger partial charge >= 0.3 is 6.09 Å². The van der Waals surface area contributed by atoms with Gasteiger partial charge in [0.2, 0.25) is 0 Å². The Hall–Kier alpha value is -1.95. The van der Waals surface area contributed by atoms with Crippen LogP contribution in [-0.2, 0) is 11.2 Å². The van der Waals surface area contributed by atoms with Gasteiger partial charge in [0.25, 0.3) is 0 Å². The van der Waals surface area contributed by atoms with E-state index in [9.17, 15) is 4.79 Å². The summed E-state index contributed by atoms with van der Waals surface area (Å²) in [5, 5.41) is 3.46. The number of nitrogens with one attached hydrogen (secondary N) is 1. The molecule has 1 fully saturated rings. The van der Waals surface area contributed by atoms with Crippen LogP contribution in [-0.4, -0.2) is 56.5 Å². The maximum absolute atomic E-state index is 12.2. The lowest BCUT2D eigenvalue weighted by molar-refractivity contribution is 0.0195. The van der Waals surface area contributed by atoms with Gasteiger partial charge in [0, 0.05) is 25.7 Å². The van der Waals surface area contributed by atoms with Crippen molar-refractivity contribution in [2.24, 2.45) is 0 Å². The lowest BCUT2D eigenvalue weighted by Gasteiger charge is -2.35. The maximum Gasteiger partial charge on any atom is 0.410 e. The molecule has 0 bridgehead atoms. The average molecular weight is 336 g/mol. The number of nitrogens with zero attached hydrogens (tertiary/aromatic N) is 1. The molecule has 6 heteroatoms. The number of methoxy groups -OCH3 is 2. The van der Waals surface area contributed by atoms with Gasteiger partial charge in [-0.1, -0.05) is 6.07 Å². The summed E-state index contributed by atoms with van der Waals surface area (Å²) in [4.78, 5) is 14.0. The number of rotatable bonds is 4. The predicted molar refractivity (Wildman–Crippen MR) is 92.8 cm³/mol. The first-order chi connectivity index (χ1) is 11.3. The van der Waals surface area contributed by atoms with Crippen molar-refractivity contribution in [1.82, 2.24) is 10.2 Å². The summed E-state index contributed by atoms with van der Waals surface area (Å²) >= 11 is 0. The van der Waals surface area contributed by atoms with E-state index in [1.807, 2.05) is 39.0 Å². The second kappa shape index (κ2) is 7.75. The first kappa shape index (κ1) is 18.4. The molecule has 1 aromatic carbocycles. The van der Waals surface area contributed by atoms with Gasteiger partial charge in [-0.25, -0.2) is 4.79 Å². The van der Waals surface area contributed by atoms with E-state index < -0.39 is 5.60 Å². The number of amides is 1. The van der Waals surface area contributed by atoms with Gasteiger partial charge in [-0.05, 0) is 44.9 Å². The van der Waals surface area contributed by atoms with Crippen LogP contribution in [0.3, 0.4) is 0 Å². The average Bonchev–Trinajstić information content (AvgIpc) is 2.53. The number of carbonyl (C=O) groups is 1. The number of hydrogen-bond acceptors (Lipinski definition) is 5. The third-order valence-corrected chi connectivity index (χ3v) is 3.84. The highest BCUT2D eigenvalue weighted by Crippen LogP contribution is 2.28. The van der Waals surface area contributed by atoms with Crippen molar-refractivity contribution in [3.63, 3.8) is 0 Å². The van der Waals surface area contributed by atoms with Crippen LogP contribution in [0.15, 0.2) is 18.2 Å². The van der Waals surface area contributed by atoms with Crippen LogP contribution in [0, 0.1) is 0 Å². The molecule has 1 heterocycles. The van der Waals surface area contributed by atoms with Crippen LogP contribution in [0.25, 0.3) is 0 Å². The van der Waals surface area contributed by atoms with Crippen LogP contribution in [0.2, 0.25) is 0 Å². The number of piperazine rings is 1. The molecular formula is C18H28N2O4. The molecule has 0 aliphatic carbocycles. The molecule has 0 aromatic heterocycles. The van der Waals surface area contributed by atoms with E-state index in [1.54, 1.807) is 19.1 Å². The molecule has 0 spiro atoms. The minimum Gasteiger partial charge on any atom is -0.493 e. The highest BCUT2D eigenvalue weighted by molar-refractivity contribution is 5.68. The van der Waals surface area contributed by atoms with Crippen LogP contribution in [0.4, 0.5) is 4.79 Å². The summed E-state index contributed by atoms with van der Waals surface area (Å²) in [6.45, 7) is 7.70. The van der Waals surface area contributed by atoms with Crippen molar-refractivity contribution in [3.8, 4) is 11.5 Å². The third-order valence-electron chi connectivity index (χ3n) is 3.84. The first-order valence-corrected chi connectivity index (χ1v) is 8.24. The molecule has 6 nitrogen and oxygen atoms in total. The quantitative estimate of drug-likeness (QED) is 0.915. The highest BCUT2D eigenvalue weighted by Gasteiger charge is 2.27. The summed E-state index contributed by atoms with van der Waals surface area (Å²) in [5.41, 5.74) is 0.664. The fraction of sp³-hybridized carbons (Fsp3) is 0.611. The van der Waals surface area contributed by atoms with Gasteiger partial charge in [-0.2, -0.15) is 0 Å². The Morgan fingerprint density at radius 2 is 1.96 bits per heavy atom. The van der Waals surface area contributed by atoms with E-state index >= 15 is 0 Å². The Morgan fingerprint density at radius 3 is 2.58 bits per heavy atom. The second-order valence-corrected chi connectivity index (χ2v) is 6.97. The van der Waals surface area contributed by atoms with Gasteiger partial charge in [-0.3, -0.25) is 0 Å². The highest BCUT2D eigenvalue weighted by atomic mass is 16.6. The molecule has 1 amide bonds. The first-order valence-electron chi connectivity index (χ1n) is 8.24. The summed E-state index contributed by atoms with van der Waals surface area (Å²) in [6, 6.07) is 6.09. The molecule has 1 N–H and O–H groups in total. The predicted octanol–water partition coefficient (Wildman–Crippen LogP) is 2.46. The molecule has 24 heavy (non-hydrogen) atoms. The van der Waals surface area contributed by atoms with E-state index in [4.69, 9.17) is 14.2 Å². The van der Waals surface area contributed by atoms with Crippen LogP contribution >= 0.6 is 0 Å². The zero-order chi connectivity index (χ0) is 17.7. The zero-order valence-corrected chi connectivity index (χ0v) is 15.2. The largest absolute Gasteiger partial charge is 0.493 e. The van der Waals surface area contributed by atoms with Crippen molar-refractivity contribution < 1.29 is 19.0 Å². The monoisotopic (exact) mass is 336 g/mol. The molecule has 0 saturated carbocycles. The van der Waals surface area contributed by atoms with Crippen molar-refractivity contribution in [3.05, 3.63) is 23.8 Å². The van der Waals surface area contributed by atoms with Gasteiger partial charge in [0.1, 0.15) is 5.60 Å². The second-order valence-electron chi connectivity index (χ2n) is 6.97. The van der Waals surface area contributed by atoms with Gasteiger partial charge < -0.3 is 24.4 Å². The minimum absolute atomic E-state index is 0.185. The molecule has 134 valence electrons. The van der Waals surface area contributed by atoms with Crippen LogP contribution in [0.1, 0.15) is 26.3 Å². The van der Waals surface area contributed by atoms with Gasteiger partial charge in [-0.15, -0.1) is 0 Å². The number of ether oxygens (including phenoxy) is 3. The molecular weight excluding hydrogens is 308 g/mol. The molecule has 1 aromatic rings. The van der Waals surface area contributed by atoms with E-state index in [1.165, 1.54) is 0 Å². The SMILES string of the molecule is COc1ccc(C[C@H]2CN(C(=O)OC(C)(C)C)CCN2)cc1OC. The molecule has 1 aliphatic heterocycles. The Bertz CT molecular complexity index is 569.